The molecule has 2 amide bonds. The summed E-state index contributed by atoms with van der Waals surface area (Å²) in [5, 5.41) is -0.210. The number of imide groups is 1. The first-order chi connectivity index (χ1) is 13.0. The molecule has 0 saturated carbocycles. The lowest BCUT2D eigenvalue weighted by molar-refractivity contribution is -0.124. The predicted molar refractivity (Wildman–Crippen MR) is 110 cm³/mol. The summed E-state index contributed by atoms with van der Waals surface area (Å²) in [4.78, 5) is 26.6. The molecule has 0 aromatic heterocycles. The fraction of sp³-hybridized carbons (Fsp3) is 0.273. The van der Waals surface area contributed by atoms with E-state index in [2.05, 4.69) is 12.1 Å². The van der Waals surface area contributed by atoms with Crippen LogP contribution in [-0.2, 0) is 11.4 Å². The van der Waals surface area contributed by atoms with Crippen LogP contribution in [0.15, 0.2) is 53.4 Å². The molecule has 1 heterocycles. The Hall–Kier alpha value is -2.53. The van der Waals surface area contributed by atoms with E-state index in [-0.39, 0.29) is 17.2 Å². The van der Waals surface area contributed by atoms with Gasteiger partial charge in [0.2, 0.25) is 0 Å². The molecule has 5 heteroatoms. The molecule has 27 heavy (non-hydrogen) atoms. The minimum absolute atomic E-state index is 0.101. The molecule has 0 radical (unpaired) electrons. The summed E-state index contributed by atoms with van der Waals surface area (Å²) in [5.41, 5.74) is 3.07. The van der Waals surface area contributed by atoms with Crippen LogP contribution >= 0.6 is 11.8 Å². The number of carbonyl (C=O) groups is 2. The number of benzene rings is 2. The van der Waals surface area contributed by atoms with E-state index < -0.39 is 0 Å². The average molecular weight is 381 g/mol. The van der Waals surface area contributed by atoms with Gasteiger partial charge in [-0.2, -0.15) is 0 Å². The lowest BCUT2D eigenvalue weighted by atomic mass is 10.1. The van der Waals surface area contributed by atoms with Crippen LogP contribution in [0.4, 0.5) is 4.79 Å². The first kappa shape index (κ1) is 19.2. The van der Waals surface area contributed by atoms with Crippen molar-refractivity contribution in [3.63, 3.8) is 0 Å². The summed E-state index contributed by atoms with van der Waals surface area (Å²) in [5.74, 6) is 0.459. The van der Waals surface area contributed by atoms with Gasteiger partial charge >= 0.3 is 0 Å². The maximum Gasteiger partial charge on any atom is 0.293 e. The molecule has 2 aromatic carbocycles. The maximum absolute atomic E-state index is 12.6. The standard InChI is InChI=1S/C22H23NO3S/c1-4-16(3)23-21(24)20(27-22(23)25)13-18-7-5-6-8-19(18)26-14-17-11-9-15(2)10-12-17/h5-13,16H,4,14H2,1-3H3/b20-13+/t16-/m0/s1. The Kier molecular flexibility index (Phi) is 6.01. The molecule has 2 aromatic rings. The van der Waals surface area contributed by atoms with Crippen molar-refractivity contribution in [2.45, 2.75) is 39.8 Å². The van der Waals surface area contributed by atoms with Gasteiger partial charge in [-0.15, -0.1) is 0 Å². The van der Waals surface area contributed by atoms with Gasteiger partial charge < -0.3 is 4.74 Å². The number of amides is 2. The number of nitrogens with zero attached hydrogens (tertiary/aromatic N) is 1. The summed E-state index contributed by atoms with van der Waals surface area (Å²) in [6.45, 7) is 6.34. The highest BCUT2D eigenvalue weighted by molar-refractivity contribution is 8.18. The van der Waals surface area contributed by atoms with Crippen molar-refractivity contribution in [2.24, 2.45) is 0 Å². The van der Waals surface area contributed by atoms with Crippen LogP contribution < -0.4 is 4.74 Å². The number of hydrogen-bond acceptors (Lipinski definition) is 4. The van der Waals surface area contributed by atoms with Crippen molar-refractivity contribution in [1.29, 1.82) is 0 Å². The van der Waals surface area contributed by atoms with Crippen molar-refractivity contribution < 1.29 is 14.3 Å². The SMILES string of the molecule is CC[C@H](C)N1C(=O)S/C(=C/c2ccccc2OCc2ccc(C)cc2)C1=O. The highest BCUT2D eigenvalue weighted by atomic mass is 32.2. The average Bonchev–Trinajstić information content (AvgIpc) is 2.95. The number of para-hydroxylation sites is 1. The zero-order chi connectivity index (χ0) is 19.4. The smallest absolute Gasteiger partial charge is 0.293 e. The maximum atomic E-state index is 12.6. The van der Waals surface area contributed by atoms with E-state index >= 15 is 0 Å². The monoisotopic (exact) mass is 381 g/mol. The van der Waals surface area contributed by atoms with Gasteiger partial charge in [0.05, 0.1) is 4.91 Å². The highest BCUT2D eigenvalue weighted by Gasteiger charge is 2.37. The van der Waals surface area contributed by atoms with Gasteiger partial charge in [-0.05, 0) is 49.7 Å². The highest BCUT2D eigenvalue weighted by Crippen LogP contribution is 2.35. The third-order valence-electron chi connectivity index (χ3n) is 4.58. The molecule has 0 spiro atoms. The number of ether oxygens (including phenoxy) is 1. The van der Waals surface area contributed by atoms with Crippen LogP contribution in [0.25, 0.3) is 6.08 Å². The van der Waals surface area contributed by atoms with Crippen molar-refractivity contribution in [3.05, 3.63) is 70.1 Å². The van der Waals surface area contributed by atoms with Crippen LogP contribution in [-0.4, -0.2) is 22.1 Å². The van der Waals surface area contributed by atoms with E-state index in [1.807, 2.05) is 57.2 Å². The molecular formula is C22H23NO3S. The van der Waals surface area contributed by atoms with Crippen LogP contribution in [0.2, 0.25) is 0 Å². The topological polar surface area (TPSA) is 46.6 Å². The van der Waals surface area contributed by atoms with E-state index in [9.17, 15) is 9.59 Å². The fourth-order valence-corrected chi connectivity index (χ4v) is 3.68. The predicted octanol–water partition coefficient (Wildman–Crippen LogP) is 5.41. The molecule has 0 bridgehead atoms. The van der Waals surface area contributed by atoms with E-state index in [1.165, 1.54) is 10.5 Å². The quantitative estimate of drug-likeness (QED) is 0.628. The summed E-state index contributed by atoms with van der Waals surface area (Å²) in [6, 6.07) is 15.6. The van der Waals surface area contributed by atoms with Gasteiger partial charge in [-0.25, -0.2) is 0 Å². The normalized spacial score (nSPS) is 16.9. The first-order valence-electron chi connectivity index (χ1n) is 9.04. The van der Waals surface area contributed by atoms with Crippen molar-refractivity contribution in [1.82, 2.24) is 4.90 Å². The van der Waals surface area contributed by atoms with Gasteiger partial charge in [0, 0.05) is 11.6 Å². The second-order valence-electron chi connectivity index (χ2n) is 6.62. The Morgan fingerprint density at radius 3 is 2.52 bits per heavy atom. The van der Waals surface area contributed by atoms with E-state index in [4.69, 9.17) is 4.74 Å². The number of carbonyl (C=O) groups excluding carboxylic acids is 2. The molecule has 0 aliphatic carbocycles. The van der Waals surface area contributed by atoms with Gasteiger partial charge in [-0.3, -0.25) is 14.5 Å². The zero-order valence-corrected chi connectivity index (χ0v) is 16.6. The molecule has 1 aliphatic heterocycles. The van der Waals surface area contributed by atoms with Gasteiger partial charge in [0.25, 0.3) is 11.1 Å². The van der Waals surface area contributed by atoms with E-state index in [1.54, 1.807) is 6.08 Å². The first-order valence-corrected chi connectivity index (χ1v) is 9.85. The van der Waals surface area contributed by atoms with Crippen LogP contribution in [0.1, 0.15) is 37.0 Å². The second kappa shape index (κ2) is 8.44. The summed E-state index contributed by atoms with van der Waals surface area (Å²) >= 11 is 0.988. The minimum atomic E-state index is -0.229. The summed E-state index contributed by atoms with van der Waals surface area (Å²) in [7, 11) is 0. The molecule has 0 N–H and O–H groups in total. The van der Waals surface area contributed by atoms with Crippen molar-refractivity contribution in [2.75, 3.05) is 0 Å². The molecule has 1 saturated heterocycles. The number of hydrogen-bond donors (Lipinski definition) is 0. The van der Waals surface area contributed by atoms with Crippen LogP contribution in [0.5, 0.6) is 5.75 Å². The summed E-state index contributed by atoms with van der Waals surface area (Å²) in [6.07, 6.45) is 2.49. The second-order valence-corrected chi connectivity index (χ2v) is 7.61. The zero-order valence-electron chi connectivity index (χ0n) is 15.8. The van der Waals surface area contributed by atoms with Gasteiger partial charge in [0.1, 0.15) is 12.4 Å². The molecule has 140 valence electrons. The largest absolute Gasteiger partial charge is 0.488 e. The Labute approximate surface area is 164 Å². The van der Waals surface area contributed by atoms with Crippen LogP contribution in [0.3, 0.4) is 0 Å². The number of aryl methyl sites for hydroxylation is 1. The van der Waals surface area contributed by atoms with E-state index in [0.29, 0.717) is 17.3 Å². The number of rotatable bonds is 6. The summed E-state index contributed by atoms with van der Waals surface area (Å²) < 4.78 is 5.97. The Morgan fingerprint density at radius 2 is 1.81 bits per heavy atom. The molecule has 1 atom stereocenters. The minimum Gasteiger partial charge on any atom is -0.488 e. The van der Waals surface area contributed by atoms with Crippen LogP contribution in [0, 0.1) is 6.92 Å². The number of thioether (sulfide) groups is 1. The third-order valence-corrected chi connectivity index (χ3v) is 5.46. The molecule has 4 nitrogen and oxygen atoms in total. The molecule has 1 aliphatic rings. The van der Waals surface area contributed by atoms with Crippen molar-refractivity contribution >= 4 is 29.0 Å². The van der Waals surface area contributed by atoms with Gasteiger partial charge in [0.15, 0.2) is 0 Å². The van der Waals surface area contributed by atoms with E-state index in [0.717, 1.165) is 29.3 Å². The molecule has 3 rings (SSSR count). The fourth-order valence-electron chi connectivity index (χ4n) is 2.76. The Balaban J connectivity index is 1.79. The van der Waals surface area contributed by atoms with Gasteiger partial charge in [-0.1, -0.05) is 55.0 Å². The Bertz CT molecular complexity index is 873. The third kappa shape index (κ3) is 4.42. The molecule has 1 fully saturated rings. The Morgan fingerprint density at radius 1 is 1.11 bits per heavy atom. The lowest BCUT2D eigenvalue weighted by Gasteiger charge is -2.19. The molecule has 0 unspecified atom stereocenters. The molecular weight excluding hydrogens is 358 g/mol. The lowest BCUT2D eigenvalue weighted by Crippen LogP contribution is -2.36. The van der Waals surface area contributed by atoms with Crippen molar-refractivity contribution in [3.8, 4) is 5.75 Å².